The van der Waals surface area contributed by atoms with Crippen LogP contribution in [-0.4, -0.2) is 37.2 Å². The zero-order valence-electron chi connectivity index (χ0n) is 55.5. The summed E-state index contributed by atoms with van der Waals surface area (Å²) in [5, 5.41) is 0. The van der Waals surface area contributed by atoms with Gasteiger partial charge in [-0.05, 0) is 89.9 Å². The molecular formula is C77H138O6. The number of ether oxygens (including phenoxy) is 3. The Morgan fingerprint density at radius 2 is 0.470 bits per heavy atom. The SMILES string of the molecule is CC/C=C\C/C=C\C/C=C\C/C=C\C/C=C\CCCCCCCCCCCCCC(=O)OCC(COC(=O)CCCCCCC/C=C\CCCCCCCCC)OC(=O)CCCCCCCCCCCCCCCCCCCCCCCC. The fourth-order valence-corrected chi connectivity index (χ4v) is 10.8. The summed E-state index contributed by atoms with van der Waals surface area (Å²) >= 11 is 0. The van der Waals surface area contributed by atoms with E-state index in [2.05, 4.69) is 93.7 Å². The van der Waals surface area contributed by atoms with E-state index in [-0.39, 0.29) is 31.1 Å². The fraction of sp³-hybridized carbons (Fsp3) is 0.805. The van der Waals surface area contributed by atoms with Crippen LogP contribution in [0.15, 0.2) is 72.9 Å². The molecule has 0 saturated carbocycles. The highest BCUT2D eigenvalue weighted by molar-refractivity contribution is 5.71. The number of hydrogen-bond acceptors (Lipinski definition) is 6. The lowest BCUT2D eigenvalue weighted by molar-refractivity contribution is -0.167. The van der Waals surface area contributed by atoms with Gasteiger partial charge in [0, 0.05) is 19.3 Å². The topological polar surface area (TPSA) is 78.9 Å². The van der Waals surface area contributed by atoms with Crippen molar-refractivity contribution in [3.8, 4) is 0 Å². The number of carbonyl (C=O) groups is 3. The molecule has 6 heteroatoms. The summed E-state index contributed by atoms with van der Waals surface area (Å²) in [4.78, 5) is 38.5. The Labute approximate surface area is 516 Å². The van der Waals surface area contributed by atoms with Crippen molar-refractivity contribution in [1.29, 1.82) is 0 Å². The minimum absolute atomic E-state index is 0.0753. The first-order valence-electron chi connectivity index (χ1n) is 36.4. The molecule has 0 aromatic carbocycles. The Bertz CT molecular complexity index is 1520. The highest BCUT2D eigenvalue weighted by Crippen LogP contribution is 2.18. The van der Waals surface area contributed by atoms with E-state index in [1.54, 1.807) is 0 Å². The molecule has 0 amide bonds. The van der Waals surface area contributed by atoms with Gasteiger partial charge in [0.05, 0.1) is 0 Å². The average molecular weight is 1160 g/mol. The third kappa shape index (κ3) is 69.5. The molecule has 0 saturated heterocycles. The predicted octanol–water partition coefficient (Wildman–Crippen LogP) is 25.2. The second-order valence-electron chi connectivity index (χ2n) is 24.5. The molecule has 0 aliphatic heterocycles. The van der Waals surface area contributed by atoms with Gasteiger partial charge >= 0.3 is 17.9 Å². The van der Waals surface area contributed by atoms with Crippen LogP contribution >= 0.6 is 0 Å². The van der Waals surface area contributed by atoms with E-state index in [0.29, 0.717) is 19.3 Å². The molecule has 0 aliphatic carbocycles. The van der Waals surface area contributed by atoms with Crippen LogP contribution in [0.4, 0.5) is 0 Å². The van der Waals surface area contributed by atoms with Crippen molar-refractivity contribution in [3.63, 3.8) is 0 Å². The maximum Gasteiger partial charge on any atom is 0.306 e. The van der Waals surface area contributed by atoms with E-state index in [1.165, 1.54) is 244 Å². The van der Waals surface area contributed by atoms with Crippen LogP contribution in [0.3, 0.4) is 0 Å². The van der Waals surface area contributed by atoms with Crippen LogP contribution in [0.25, 0.3) is 0 Å². The standard InChI is InChI=1S/C77H138O6/c1-4-7-10-13-16-19-22-25-28-31-33-35-37-38-39-40-41-43-44-46-49-52-55-58-61-64-67-70-76(79)82-73-74(72-81-75(78)69-66-63-60-57-54-51-48-30-27-24-21-18-15-12-9-6-3)83-77(80)71-68-65-62-59-56-53-50-47-45-42-36-34-32-29-26-23-20-17-14-11-8-5-2/h7,10,16,19,25,28,30,33,35,38-39,48,74H,4-6,8-9,11-15,17-18,20-24,26-27,29,31-32,34,36-37,40-47,49-73H2,1-3H3/b10-7-,19-16-,28-25-,35-33-,39-38-,48-30-. The molecule has 0 spiro atoms. The van der Waals surface area contributed by atoms with Crippen LogP contribution < -0.4 is 0 Å². The lowest BCUT2D eigenvalue weighted by atomic mass is 10.0. The van der Waals surface area contributed by atoms with Crippen molar-refractivity contribution < 1.29 is 28.6 Å². The summed E-state index contributed by atoms with van der Waals surface area (Å²) in [6, 6.07) is 0. The molecule has 0 aliphatic rings. The molecule has 83 heavy (non-hydrogen) atoms. The second kappa shape index (κ2) is 71.3. The van der Waals surface area contributed by atoms with Gasteiger partial charge in [0.1, 0.15) is 13.2 Å². The molecule has 0 radical (unpaired) electrons. The smallest absolute Gasteiger partial charge is 0.306 e. The van der Waals surface area contributed by atoms with E-state index >= 15 is 0 Å². The fourth-order valence-electron chi connectivity index (χ4n) is 10.8. The number of carbonyl (C=O) groups excluding carboxylic acids is 3. The van der Waals surface area contributed by atoms with Crippen molar-refractivity contribution in [2.24, 2.45) is 0 Å². The van der Waals surface area contributed by atoms with E-state index in [1.807, 2.05) is 0 Å². The van der Waals surface area contributed by atoms with Crippen molar-refractivity contribution in [2.45, 2.75) is 386 Å². The summed E-state index contributed by atoms with van der Waals surface area (Å²) in [5.74, 6) is -0.861. The zero-order chi connectivity index (χ0) is 59.9. The Balaban J connectivity index is 4.31. The number of unbranched alkanes of at least 4 members (excludes halogenated alkanes) is 44. The van der Waals surface area contributed by atoms with Gasteiger partial charge in [-0.2, -0.15) is 0 Å². The van der Waals surface area contributed by atoms with Gasteiger partial charge in [-0.25, -0.2) is 0 Å². The van der Waals surface area contributed by atoms with Gasteiger partial charge in [-0.1, -0.05) is 344 Å². The van der Waals surface area contributed by atoms with Crippen LogP contribution in [0.5, 0.6) is 0 Å². The summed E-state index contributed by atoms with van der Waals surface area (Å²) in [7, 11) is 0. The summed E-state index contributed by atoms with van der Waals surface area (Å²) in [5.41, 5.74) is 0. The minimum atomic E-state index is -0.780. The molecule has 0 fully saturated rings. The third-order valence-corrected chi connectivity index (χ3v) is 16.2. The largest absolute Gasteiger partial charge is 0.462 e. The third-order valence-electron chi connectivity index (χ3n) is 16.2. The first-order valence-corrected chi connectivity index (χ1v) is 36.4. The van der Waals surface area contributed by atoms with Gasteiger partial charge < -0.3 is 14.2 Å². The van der Waals surface area contributed by atoms with Gasteiger partial charge in [0.15, 0.2) is 6.10 Å². The molecule has 1 unspecified atom stereocenters. The Kier molecular flexibility index (Phi) is 68.6. The molecule has 0 N–H and O–H groups in total. The highest BCUT2D eigenvalue weighted by Gasteiger charge is 2.19. The van der Waals surface area contributed by atoms with Crippen molar-refractivity contribution in [1.82, 2.24) is 0 Å². The number of allylic oxidation sites excluding steroid dienone is 12. The van der Waals surface area contributed by atoms with Crippen LogP contribution in [0, 0.1) is 0 Å². The Morgan fingerprint density at radius 3 is 0.747 bits per heavy atom. The quantitative estimate of drug-likeness (QED) is 0.0261. The van der Waals surface area contributed by atoms with E-state index in [9.17, 15) is 14.4 Å². The normalized spacial score (nSPS) is 12.5. The highest BCUT2D eigenvalue weighted by atomic mass is 16.6. The molecular weight excluding hydrogens is 1020 g/mol. The van der Waals surface area contributed by atoms with Crippen LogP contribution in [0.1, 0.15) is 380 Å². The molecule has 1 atom stereocenters. The number of hydrogen-bond donors (Lipinski definition) is 0. The second-order valence-corrected chi connectivity index (χ2v) is 24.5. The zero-order valence-corrected chi connectivity index (χ0v) is 55.5. The first kappa shape index (κ1) is 79.8. The lowest BCUT2D eigenvalue weighted by Crippen LogP contribution is -2.30. The van der Waals surface area contributed by atoms with Gasteiger partial charge in [0.25, 0.3) is 0 Å². The lowest BCUT2D eigenvalue weighted by Gasteiger charge is -2.18. The number of esters is 3. The monoisotopic (exact) mass is 1160 g/mol. The molecule has 0 aromatic heterocycles. The average Bonchev–Trinajstić information content (AvgIpc) is 3.49. The van der Waals surface area contributed by atoms with Crippen molar-refractivity contribution >= 4 is 17.9 Å². The minimum Gasteiger partial charge on any atom is -0.462 e. The first-order chi connectivity index (χ1) is 41.0. The van der Waals surface area contributed by atoms with Gasteiger partial charge in [-0.15, -0.1) is 0 Å². The van der Waals surface area contributed by atoms with Crippen molar-refractivity contribution in [3.05, 3.63) is 72.9 Å². The van der Waals surface area contributed by atoms with Crippen LogP contribution in [-0.2, 0) is 28.6 Å². The molecule has 0 aromatic rings. The van der Waals surface area contributed by atoms with E-state index in [0.717, 1.165) is 96.3 Å². The summed E-state index contributed by atoms with van der Waals surface area (Å²) in [6.45, 7) is 6.58. The number of rotatable bonds is 67. The van der Waals surface area contributed by atoms with E-state index < -0.39 is 6.10 Å². The van der Waals surface area contributed by atoms with Crippen LogP contribution in [0.2, 0.25) is 0 Å². The molecule has 0 bridgehead atoms. The predicted molar refractivity (Wildman–Crippen MR) is 362 cm³/mol. The Hall–Kier alpha value is -3.15. The molecule has 0 rings (SSSR count). The maximum atomic E-state index is 13.0. The van der Waals surface area contributed by atoms with Crippen molar-refractivity contribution in [2.75, 3.05) is 13.2 Å². The molecule has 482 valence electrons. The summed E-state index contributed by atoms with van der Waals surface area (Å²) < 4.78 is 17.0. The van der Waals surface area contributed by atoms with Gasteiger partial charge in [-0.3, -0.25) is 14.4 Å². The maximum absolute atomic E-state index is 13.0. The van der Waals surface area contributed by atoms with Gasteiger partial charge in [0.2, 0.25) is 0 Å². The Morgan fingerprint density at radius 1 is 0.253 bits per heavy atom. The summed E-state index contributed by atoms with van der Waals surface area (Å²) in [6.07, 6.45) is 93.6. The molecule has 0 heterocycles. The van der Waals surface area contributed by atoms with E-state index in [4.69, 9.17) is 14.2 Å². The molecule has 6 nitrogen and oxygen atoms in total.